The largest absolute Gasteiger partial charge is 0.342 e. The lowest BCUT2D eigenvalue weighted by Crippen LogP contribution is -2.39. The first-order valence-corrected chi connectivity index (χ1v) is 9.38. The van der Waals surface area contributed by atoms with Crippen LogP contribution in [-0.4, -0.2) is 49.1 Å². The van der Waals surface area contributed by atoms with Crippen LogP contribution < -0.4 is 0 Å². The molecule has 4 rings (SSSR count). The van der Waals surface area contributed by atoms with Gasteiger partial charge in [-0.15, -0.1) is 16.4 Å². The van der Waals surface area contributed by atoms with Crippen LogP contribution in [0.3, 0.4) is 0 Å². The third-order valence-electron chi connectivity index (χ3n) is 4.68. The lowest BCUT2D eigenvalue weighted by molar-refractivity contribution is -0.132. The molecule has 3 aromatic rings. The van der Waals surface area contributed by atoms with Crippen molar-refractivity contribution in [1.82, 2.24) is 30.1 Å². The Morgan fingerprint density at radius 1 is 1.36 bits per heavy atom. The van der Waals surface area contributed by atoms with Crippen molar-refractivity contribution in [2.75, 3.05) is 13.1 Å². The second-order valence-electron chi connectivity index (χ2n) is 6.40. The summed E-state index contributed by atoms with van der Waals surface area (Å²) in [6.45, 7) is 3.95. The highest BCUT2D eigenvalue weighted by Crippen LogP contribution is 2.33. The predicted molar refractivity (Wildman–Crippen MR) is 95.3 cm³/mol. The van der Waals surface area contributed by atoms with Gasteiger partial charge in [-0.05, 0) is 42.3 Å². The van der Waals surface area contributed by atoms with Crippen molar-refractivity contribution in [2.24, 2.45) is 0 Å². The van der Waals surface area contributed by atoms with Gasteiger partial charge in [-0.3, -0.25) is 4.79 Å². The lowest BCUT2D eigenvalue weighted by Gasteiger charge is -2.32. The molecule has 1 saturated heterocycles. The second kappa shape index (κ2) is 6.87. The fourth-order valence-electron chi connectivity index (χ4n) is 3.29. The lowest BCUT2D eigenvalue weighted by atomic mass is 9.98. The number of amides is 1. The maximum atomic E-state index is 12.6. The number of para-hydroxylation sites is 1. The molecule has 0 bridgehead atoms. The van der Waals surface area contributed by atoms with Crippen molar-refractivity contribution in [3.05, 3.63) is 35.1 Å². The van der Waals surface area contributed by atoms with Crippen LogP contribution in [-0.2, 0) is 11.3 Å². The molecule has 3 heterocycles. The minimum absolute atomic E-state index is 0.167. The number of thiazole rings is 1. The van der Waals surface area contributed by atoms with E-state index < -0.39 is 0 Å². The van der Waals surface area contributed by atoms with Gasteiger partial charge in [0, 0.05) is 25.4 Å². The smallest absolute Gasteiger partial charge is 0.224 e. The van der Waals surface area contributed by atoms with Crippen molar-refractivity contribution in [3.8, 4) is 0 Å². The van der Waals surface area contributed by atoms with E-state index in [1.807, 2.05) is 24.0 Å². The van der Waals surface area contributed by atoms with Crippen LogP contribution in [0.15, 0.2) is 24.3 Å². The van der Waals surface area contributed by atoms with Gasteiger partial charge in [0.05, 0.1) is 21.8 Å². The molecule has 8 heteroatoms. The Hall–Kier alpha value is -2.35. The number of benzene rings is 1. The molecule has 1 amide bonds. The number of aromatic nitrogens is 5. The van der Waals surface area contributed by atoms with Crippen LogP contribution in [0.5, 0.6) is 0 Å². The van der Waals surface area contributed by atoms with Crippen molar-refractivity contribution >= 4 is 27.5 Å². The standard InChI is InChI=1S/C17H20N6OS/c1-12-19-20-21-23(12)10-8-16(24)22-9-4-5-13(11-22)17-18-14-6-2-3-7-15(14)25-17/h2-3,6-7,13H,4-5,8-11H2,1H3/t13-/m1/s1. The van der Waals surface area contributed by atoms with Gasteiger partial charge in [0.15, 0.2) is 0 Å². The fraction of sp³-hybridized carbons (Fsp3) is 0.471. The second-order valence-corrected chi connectivity index (χ2v) is 7.46. The van der Waals surface area contributed by atoms with Crippen LogP contribution in [0, 0.1) is 6.92 Å². The number of likely N-dealkylation sites (tertiary alicyclic amines) is 1. The zero-order valence-corrected chi connectivity index (χ0v) is 14.9. The number of tetrazole rings is 1. The van der Waals surface area contributed by atoms with Gasteiger partial charge < -0.3 is 4.90 Å². The van der Waals surface area contributed by atoms with Gasteiger partial charge in [0.2, 0.25) is 5.91 Å². The first-order chi connectivity index (χ1) is 12.2. The Morgan fingerprint density at radius 2 is 2.24 bits per heavy atom. The quantitative estimate of drug-likeness (QED) is 0.717. The van der Waals surface area contributed by atoms with E-state index in [9.17, 15) is 4.79 Å². The van der Waals surface area contributed by atoms with Crippen LogP contribution in [0.4, 0.5) is 0 Å². The van der Waals surface area contributed by atoms with E-state index >= 15 is 0 Å². The summed E-state index contributed by atoms with van der Waals surface area (Å²) < 4.78 is 2.89. The highest BCUT2D eigenvalue weighted by Gasteiger charge is 2.26. The van der Waals surface area contributed by atoms with Gasteiger partial charge in [-0.1, -0.05) is 12.1 Å². The van der Waals surface area contributed by atoms with Crippen LogP contribution in [0.1, 0.15) is 36.0 Å². The normalized spacial score (nSPS) is 18.0. The maximum Gasteiger partial charge on any atom is 0.224 e. The molecule has 130 valence electrons. The molecule has 0 N–H and O–H groups in total. The number of fused-ring (bicyclic) bond motifs is 1. The Balaban J connectivity index is 1.41. The number of aryl methyl sites for hydroxylation is 2. The average Bonchev–Trinajstić information content (AvgIpc) is 3.25. The monoisotopic (exact) mass is 356 g/mol. The number of carbonyl (C=O) groups excluding carboxylic acids is 1. The molecule has 0 saturated carbocycles. The van der Waals surface area contributed by atoms with Crippen molar-refractivity contribution in [2.45, 2.75) is 38.6 Å². The summed E-state index contributed by atoms with van der Waals surface area (Å²) in [4.78, 5) is 19.3. The van der Waals surface area contributed by atoms with Crippen molar-refractivity contribution in [1.29, 1.82) is 0 Å². The molecule has 1 aromatic carbocycles. The van der Waals surface area contributed by atoms with Crippen molar-refractivity contribution in [3.63, 3.8) is 0 Å². The van der Waals surface area contributed by atoms with E-state index in [1.165, 1.54) is 4.70 Å². The third-order valence-corrected chi connectivity index (χ3v) is 5.88. The van der Waals surface area contributed by atoms with Gasteiger partial charge in [-0.2, -0.15) is 0 Å². The van der Waals surface area contributed by atoms with Gasteiger partial charge in [0.1, 0.15) is 5.82 Å². The molecule has 1 fully saturated rings. The summed E-state index contributed by atoms with van der Waals surface area (Å²) in [6.07, 6.45) is 2.55. The summed E-state index contributed by atoms with van der Waals surface area (Å²) in [5.41, 5.74) is 1.06. The number of hydrogen-bond acceptors (Lipinski definition) is 6. The Morgan fingerprint density at radius 3 is 3.04 bits per heavy atom. The van der Waals surface area contributed by atoms with Crippen LogP contribution in [0.25, 0.3) is 10.2 Å². The molecule has 2 aromatic heterocycles. The van der Waals surface area contributed by atoms with Crippen LogP contribution in [0.2, 0.25) is 0 Å². The van der Waals surface area contributed by atoms with E-state index in [0.717, 1.165) is 42.3 Å². The molecule has 0 radical (unpaired) electrons. The summed E-state index contributed by atoms with van der Waals surface area (Å²) in [5, 5.41) is 12.5. The number of hydrogen-bond donors (Lipinski definition) is 0. The van der Waals surface area contributed by atoms with E-state index in [0.29, 0.717) is 18.9 Å². The molecule has 7 nitrogen and oxygen atoms in total. The number of carbonyl (C=O) groups is 1. The Kier molecular flexibility index (Phi) is 4.44. The molecule has 1 aliphatic rings. The number of piperidine rings is 1. The number of rotatable bonds is 4. The summed E-state index contributed by atoms with van der Waals surface area (Å²) in [7, 11) is 0. The highest BCUT2D eigenvalue weighted by molar-refractivity contribution is 7.18. The summed E-state index contributed by atoms with van der Waals surface area (Å²) in [6, 6.07) is 8.22. The van der Waals surface area contributed by atoms with Gasteiger partial charge >= 0.3 is 0 Å². The summed E-state index contributed by atoms with van der Waals surface area (Å²) >= 11 is 1.75. The molecule has 0 unspecified atom stereocenters. The minimum atomic E-state index is 0.167. The SMILES string of the molecule is Cc1nnnn1CCC(=O)N1CCC[C@@H](c2nc3ccccc3s2)C1. The van der Waals surface area contributed by atoms with Gasteiger partial charge in [0.25, 0.3) is 0 Å². The van der Waals surface area contributed by atoms with E-state index in [2.05, 4.69) is 27.7 Å². The average molecular weight is 356 g/mol. The topological polar surface area (TPSA) is 76.8 Å². The van der Waals surface area contributed by atoms with Crippen LogP contribution >= 0.6 is 11.3 Å². The van der Waals surface area contributed by atoms with E-state index in [4.69, 9.17) is 4.98 Å². The Bertz CT molecular complexity index is 855. The zero-order chi connectivity index (χ0) is 17.2. The minimum Gasteiger partial charge on any atom is -0.342 e. The molecule has 0 aliphatic carbocycles. The summed E-state index contributed by atoms with van der Waals surface area (Å²) in [5.74, 6) is 1.24. The molecular formula is C17H20N6OS. The first-order valence-electron chi connectivity index (χ1n) is 8.57. The molecule has 1 atom stereocenters. The highest BCUT2D eigenvalue weighted by atomic mass is 32.1. The molecule has 0 spiro atoms. The van der Waals surface area contributed by atoms with E-state index in [-0.39, 0.29) is 5.91 Å². The Labute approximate surface area is 149 Å². The molecular weight excluding hydrogens is 336 g/mol. The number of nitrogens with zero attached hydrogens (tertiary/aromatic N) is 6. The predicted octanol–water partition coefficient (Wildman–Crippen LogP) is 2.39. The molecule has 25 heavy (non-hydrogen) atoms. The van der Waals surface area contributed by atoms with Crippen molar-refractivity contribution < 1.29 is 4.79 Å². The molecule has 1 aliphatic heterocycles. The van der Waals surface area contributed by atoms with Gasteiger partial charge in [-0.25, -0.2) is 9.67 Å². The first kappa shape index (κ1) is 16.1. The zero-order valence-electron chi connectivity index (χ0n) is 14.1. The fourth-order valence-corrected chi connectivity index (χ4v) is 4.38. The van der Waals surface area contributed by atoms with E-state index in [1.54, 1.807) is 16.0 Å². The maximum absolute atomic E-state index is 12.6. The third kappa shape index (κ3) is 3.39.